The Balaban J connectivity index is 1.48. The van der Waals surface area contributed by atoms with Crippen LogP contribution in [0.1, 0.15) is 17.5 Å². The average molecular weight is 401 g/mol. The van der Waals surface area contributed by atoms with Crippen molar-refractivity contribution in [3.63, 3.8) is 0 Å². The molecular formula is C23H23N5O2. The van der Waals surface area contributed by atoms with Gasteiger partial charge in [-0.2, -0.15) is 5.10 Å². The number of anilines is 1. The number of hydrogen-bond acceptors (Lipinski definition) is 6. The van der Waals surface area contributed by atoms with E-state index in [1.807, 2.05) is 43.6 Å². The summed E-state index contributed by atoms with van der Waals surface area (Å²) >= 11 is 0. The molecule has 5 rings (SSSR count). The Morgan fingerprint density at radius 1 is 1.07 bits per heavy atom. The highest BCUT2D eigenvalue weighted by Crippen LogP contribution is 2.30. The number of benzene rings is 1. The molecule has 0 spiro atoms. The molecule has 1 aliphatic heterocycles. The van der Waals surface area contributed by atoms with Crippen molar-refractivity contribution in [2.75, 3.05) is 31.7 Å². The molecule has 1 saturated heterocycles. The standard InChI is InChI=1S/C23H23N5O2/c1-16-9-10-22(26-25-16)27-11-12-30-21(14-27)23-20-8-4-7-19(28(20)15-24-23)17-5-3-6-18(13-17)29-2/h3-10,13,15,21H,11-12,14H2,1-2H3/t21-/m0/s1. The van der Waals surface area contributed by atoms with Crippen molar-refractivity contribution in [3.05, 3.63) is 72.3 Å². The summed E-state index contributed by atoms with van der Waals surface area (Å²) < 4.78 is 13.6. The Kier molecular flexibility index (Phi) is 4.80. The first-order valence-corrected chi connectivity index (χ1v) is 10.0. The predicted molar refractivity (Wildman–Crippen MR) is 115 cm³/mol. The van der Waals surface area contributed by atoms with E-state index in [0.717, 1.165) is 46.3 Å². The molecule has 0 aliphatic carbocycles. The second-order valence-electron chi connectivity index (χ2n) is 7.37. The van der Waals surface area contributed by atoms with Gasteiger partial charge >= 0.3 is 0 Å². The van der Waals surface area contributed by atoms with Crippen molar-refractivity contribution >= 4 is 11.3 Å². The predicted octanol–water partition coefficient (Wildman–Crippen LogP) is 3.69. The Hall–Kier alpha value is -3.45. The van der Waals surface area contributed by atoms with Crippen molar-refractivity contribution in [1.29, 1.82) is 0 Å². The van der Waals surface area contributed by atoms with Crippen LogP contribution in [-0.4, -0.2) is 46.4 Å². The Morgan fingerprint density at radius 3 is 2.80 bits per heavy atom. The third-order valence-corrected chi connectivity index (χ3v) is 5.45. The van der Waals surface area contributed by atoms with Gasteiger partial charge in [0.25, 0.3) is 0 Å². The first-order chi connectivity index (χ1) is 14.7. The van der Waals surface area contributed by atoms with Crippen molar-refractivity contribution in [2.24, 2.45) is 0 Å². The van der Waals surface area contributed by atoms with Crippen LogP contribution in [0.5, 0.6) is 5.75 Å². The van der Waals surface area contributed by atoms with E-state index >= 15 is 0 Å². The lowest BCUT2D eigenvalue weighted by atomic mass is 10.1. The van der Waals surface area contributed by atoms with Gasteiger partial charge in [-0.1, -0.05) is 18.2 Å². The van der Waals surface area contributed by atoms with Gasteiger partial charge in [0, 0.05) is 12.1 Å². The van der Waals surface area contributed by atoms with Crippen molar-refractivity contribution in [2.45, 2.75) is 13.0 Å². The minimum absolute atomic E-state index is 0.132. The molecule has 0 saturated carbocycles. The smallest absolute Gasteiger partial charge is 0.151 e. The maximum Gasteiger partial charge on any atom is 0.151 e. The highest BCUT2D eigenvalue weighted by molar-refractivity contribution is 5.68. The van der Waals surface area contributed by atoms with Gasteiger partial charge in [0.05, 0.1) is 42.9 Å². The monoisotopic (exact) mass is 401 g/mol. The molecule has 1 atom stereocenters. The van der Waals surface area contributed by atoms with E-state index in [1.165, 1.54) is 0 Å². The van der Waals surface area contributed by atoms with Gasteiger partial charge in [0.15, 0.2) is 5.82 Å². The summed E-state index contributed by atoms with van der Waals surface area (Å²) in [6.07, 6.45) is 1.74. The quantitative estimate of drug-likeness (QED) is 0.520. The maximum absolute atomic E-state index is 6.10. The summed E-state index contributed by atoms with van der Waals surface area (Å²) in [5.41, 5.74) is 5.02. The molecule has 30 heavy (non-hydrogen) atoms. The fourth-order valence-electron chi connectivity index (χ4n) is 3.89. The fourth-order valence-corrected chi connectivity index (χ4v) is 3.89. The molecular weight excluding hydrogens is 378 g/mol. The van der Waals surface area contributed by atoms with Gasteiger partial charge in [0.2, 0.25) is 0 Å². The molecule has 3 aromatic heterocycles. The molecule has 1 aliphatic rings. The van der Waals surface area contributed by atoms with Gasteiger partial charge in [-0.05, 0) is 43.3 Å². The van der Waals surface area contributed by atoms with E-state index in [-0.39, 0.29) is 6.10 Å². The second kappa shape index (κ2) is 7.76. The summed E-state index contributed by atoms with van der Waals surface area (Å²) in [4.78, 5) is 6.94. The number of fused-ring (bicyclic) bond motifs is 1. The van der Waals surface area contributed by atoms with Crippen molar-refractivity contribution < 1.29 is 9.47 Å². The number of hydrogen-bond donors (Lipinski definition) is 0. The number of imidazole rings is 1. The van der Waals surface area contributed by atoms with E-state index in [0.29, 0.717) is 13.2 Å². The SMILES string of the molecule is COc1cccc(-c2cccc3c([C@@H]4CN(c5ccc(C)nn5)CCO4)ncn23)c1. The average Bonchev–Trinajstić information content (AvgIpc) is 3.24. The maximum atomic E-state index is 6.10. The summed E-state index contributed by atoms with van der Waals surface area (Å²) in [7, 11) is 1.68. The largest absolute Gasteiger partial charge is 0.497 e. The van der Waals surface area contributed by atoms with E-state index in [4.69, 9.17) is 14.5 Å². The lowest BCUT2D eigenvalue weighted by Gasteiger charge is -2.32. The summed E-state index contributed by atoms with van der Waals surface area (Å²) in [6.45, 7) is 4.04. The minimum atomic E-state index is -0.132. The van der Waals surface area contributed by atoms with Crippen LogP contribution in [0.2, 0.25) is 0 Å². The van der Waals surface area contributed by atoms with Crippen LogP contribution in [0.15, 0.2) is 60.9 Å². The van der Waals surface area contributed by atoms with Crippen molar-refractivity contribution in [3.8, 4) is 17.0 Å². The van der Waals surface area contributed by atoms with Crippen LogP contribution in [0.25, 0.3) is 16.8 Å². The molecule has 0 unspecified atom stereocenters. The third-order valence-electron chi connectivity index (χ3n) is 5.45. The van der Waals surface area contributed by atoms with Gasteiger partial charge in [-0.15, -0.1) is 5.10 Å². The van der Waals surface area contributed by atoms with Crippen LogP contribution in [-0.2, 0) is 4.74 Å². The van der Waals surface area contributed by atoms with Crippen LogP contribution in [0.4, 0.5) is 5.82 Å². The van der Waals surface area contributed by atoms with Gasteiger partial charge in [-0.25, -0.2) is 4.98 Å². The number of nitrogens with zero attached hydrogens (tertiary/aromatic N) is 5. The molecule has 4 aromatic rings. The molecule has 1 aromatic carbocycles. The second-order valence-corrected chi connectivity index (χ2v) is 7.37. The van der Waals surface area contributed by atoms with Crippen molar-refractivity contribution in [1.82, 2.24) is 19.6 Å². The molecule has 0 amide bonds. The van der Waals surface area contributed by atoms with Crippen LogP contribution in [0, 0.1) is 6.92 Å². The number of aryl methyl sites for hydroxylation is 1. The zero-order valence-electron chi connectivity index (χ0n) is 17.0. The van der Waals surface area contributed by atoms with Crippen LogP contribution < -0.4 is 9.64 Å². The molecule has 0 N–H and O–H groups in total. The number of ether oxygens (including phenoxy) is 2. The summed E-state index contributed by atoms with van der Waals surface area (Å²) in [5, 5.41) is 8.52. The Labute approximate surface area is 174 Å². The van der Waals surface area contributed by atoms with Gasteiger partial charge < -0.3 is 14.4 Å². The highest BCUT2D eigenvalue weighted by Gasteiger charge is 2.26. The number of rotatable bonds is 4. The number of pyridine rings is 1. The molecule has 0 radical (unpaired) electrons. The first-order valence-electron chi connectivity index (χ1n) is 10.0. The van der Waals surface area contributed by atoms with Crippen LogP contribution in [0.3, 0.4) is 0 Å². The molecule has 152 valence electrons. The van der Waals surface area contributed by atoms with Crippen LogP contribution >= 0.6 is 0 Å². The minimum Gasteiger partial charge on any atom is -0.497 e. The van der Waals surface area contributed by atoms with E-state index in [1.54, 1.807) is 7.11 Å². The van der Waals surface area contributed by atoms with Gasteiger partial charge in [-0.3, -0.25) is 4.40 Å². The summed E-state index contributed by atoms with van der Waals surface area (Å²) in [5.74, 6) is 1.70. The van der Waals surface area contributed by atoms with E-state index in [9.17, 15) is 0 Å². The topological polar surface area (TPSA) is 64.8 Å². The number of aromatic nitrogens is 4. The van der Waals surface area contributed by atoms with Gasteiger partial charge in [0.1, 0.15) is 18.2 Å². The lowest BCUT2D eigenvalue weighted by molar-refractivity contribution is 0.0379. The molecule has 7 heteroatoms. The molecule has 1 fully saturated rings. The molecule has 4 heterocycles. The Morgan fingerprint density at radius 2 is 1.97 bits per heavy atom. The van der Waals surface area contributed by atoms with E-state index in [2.05, 4.69) is 43.8 Å². The third kappa shape index (κ3) is 3.37. The zero-order chi connectivity index (χ0) is 20.5. The molecule has 7 nitrogen and oxygen atoms in total. The number of methoxy groups -OCH3 is 1. The van der Waals surface area contributed by atoms with E-state index < -0.39 is 0 Å². The fraction of sp³-hybridized carbons (Fsp3) is 0.261. The first kappa shape index (κ1) is 18.6. The zero-order valence-corrected chi connectivity index (χ0v) is 17.0. The molecule has 0 bridgehead atoms. The summed E-state index contributed by atoms with van der Waals surface area (Å²) in [6, 6.07) is 18.3. The Bertz CT molecular complexity index is 1170. The normalized spacial score (nSPS) is 16.7. The lowest BCUT2D eigenvalue weighted by Crippen LogP contribution is -2.39. The highest BCUT2D eigenvalue weighted by atomic mass is 16.5. The number of morpholine rings is 1.